The predicted octanol–water partition coefficient (Wildman–Crippen LogP) is -0.875. The molecule has 0 radical (unpaired) electrons. The van der Waals surface area contributed by atoms with Crippen molar-refractivity contribution in [3.8, 4) is 0 Å². The van der Waals surface area contributed by atoms with Gasteiger partial charge in [0.2, 0.25) is 0 Å². The molecular formula is C20H40O9. The summed E-state index contributed by atoms with van der Waals surface area (Å²) in [5.41, 5.74) is 0. The molecule has 7 N–H and O–H groups in total. The lowest BCUT2D eigenvalue weighted by molar-refractivity contribution is -0.283. The summed E-state index contributed by atoms with van der Waals surface area (Å²) in [4.78, 5) is 0. The average molecular weight is 425 g/mol. The second-order valence-corrected chi connectivity index (χ2v) is 8.89. The highest BCUT2D eigenvalue weighted by atomic mass is 16.6. The monoisotopic (exact) mass is 424 g/mol. The summed E-state index contributed by atoms with van der Waals surface area (Å²) in [5.74, 6) is 0.675. The zero-order chi connectivity index (χ0) is 22.5. The molecule has 0 aromatic carbocycles. The van der Waals surface area contributed by atoms with E-state index in [0.717, 1.165) is 0 Å². The minimum absolute atomic E-state index is 0.282. The predicted molar refractivity (Wildman–Crippen MR) is 105 cm³/mol. The van der Waals surface area contributed by atoms with Crippen LogP contribution in [0.2, 0.25) is 0 Å². The minimum atomic E-state index is -1.44. The molecule has 2 heterocycles. The smallest absolute Gasteiger partial charge is 0.183 e. The molecule has 0 aromatic rings. The number of rotatable bonds is 5. The van der Waals surface area contributed by atoms with Crippen molar-refractivity contribution in [1.29, 1.82) is 0 Å². The molecule has 0 aromatic heterocycles. The molecule has 0 amide bonds. The Hall–Kier alpha value is -0.360. The van der Waals surface area contributed by atoms with Crippen LogP contribution < -0.4 is 0 Å². The lowest BCUT2D eigenvalue weighted by atomic mass is 9.90. The van der Waals surface area contributed by atoms with Crippen molar-refractivity contribution < 1.29 is 45.2 Å². The zero-order valence-corrected chi connectivity index (χ0v) is 18.0. The molecule has 0 bridgehead atoms. The van der Waals surface area contributed by atoms with Gasteiger partial charge in [-0.05, 0) is 31.1 Å². The average Bonchev–Trinajstić information content (AvgIpc) is 2.64. The fourth-order valence-corrected chi connectivity index (χ4v) is 3.61. The Labute approximate surface area is 172 Å². The number of hydrogen-bond donors (Lipinski definition) is 7. The summed E-state index contributed by atoms with van der Waals surface area (Å²) in [6.45, 7) is 9.85. The van der Waals surface area contributed by atoms with Gasteiger partial charge in [0.1, 0.15) is 36.6 Å². The molecule has 174 valence electrons. The van der Waals surface area contributed by atoms with Gasteiger partial charge < -0.3 is 45.2 Å². The summed E-state index contributed by atoms with van der Waals surface area (Å²) in [6, 6.07) is 0. The van der Waals surface area contributed by atoms with E-state index in [1.807, 2.05) is 34.6 Å². The first-order valence-electron chi connectivity index (χ1n) is 10.5. The topological polar surface area (TPSA) is 160 Å². The fourth-order valence-electron chi connectivity index (χ4n) is 3.61. The Morgan fingerprint density at radius 1 is 0.552 bits per heavy atom. The molecule has 2 saturated heterocycles. The Morgan fingerprint density at radius 2 is 0.931 bits per heavy atom. The Balaban J connectivity index is 0.000000291. The third-order valence-electron chi connectivity index (χ3n) is 5.31. The Kier molecular flexibility index (Phi) is 10.9. The SMILES string of the molecule is CC(C)CC1OC(O)C(O)C(O)C1O.CCC1OC(CC(C)C)C(O)C(O)C1O. The highest BCUT2D eigenvalue weighted by Gasteiger charge is 2.43. The maximum Gasteiger partial charge on any atom is 0.183 e. The third-order valence-corrected chi connectivity index (χ3v) is 5.31. The van der Waals surface area contributed by atoms with Gasteiger partial charge in [-0.3, -0.25) is 0 Å². The largest absolute Gasteiger partial charge is 0.388 e. The molecule has 10 atom stereocenters. The van der Waals surface area contributed by atoms with Gasteiger partial charge in [-0.2, -0.15) is 0 Å². The van der Waals surface area contributed by atoms with Crippen molar-refractivity contribution in [3.63, 3.8) is 0 Å². The van der Waals surface area contributed by atoms with Crippen LogP contribution in [-0.2, 0) is 9.47 Å². The molecule has 10 unspecified atom stereocenters. The maximum absolute atomic E-state index is 9.74. The molecule has 2 rings (SSSR count). The van der Waals surface area contributed by atoms with Crippen LogP contribution in [0.15, 0.2) is 0 Å². The molecule has 29 heavy (non-hydrogen) atoms. The van der Waals surface area contributed by atoms with Gasteiger partial charge in [-0.15, -0.1) is 0 Å². The summed E-state index contributed by atoms with van der Waals surface area (Å²) in [5, 5.41) is 66.3. The lowest BCUT2D eigenvalue weighted by Gasteiger charge is -2.41. The van der Waals surface area contributed by atoms with Crippen LogP contribution in [0.25, 0.3) is 0 Å². The van der Waals surface area contributed by atoms with E-state index in [1.54, 1.807) is 0 Å². The normalized spacial score (nSPS) is 43.2. The van der Waals surface area contributed by atoms with E-state index in [-0.39, 0.29) is 18.1 Å². The van der Waals surface area contributed by atoms with E-state index < -0.39 is 49.0 Å². The van der Waals surface area contributed by atoms with Gasteiger partial charge in [0.25, 0.3) is 0 Å². The van der Waals surface area contributed by atoms with E-state index >= 15 is 0 Å². The lowest BCUT2D eigenvalue weighted by Crippen LogP contribution is -2.57. The first-order chi connectivity index (χ1) is 13.4. The molecule has 9 nitrogen and oxygen atoms in total. The van der Waals surface area contributed by atoms with E-state index in [4.69, 9.17) is 9.47 Å². The Bertz CT molecular complexity index is 459. The van der Waals surface area contributed by atoms with E-state index in [2.05, 4.69) is 0 Å². The highest BCUT2D eigenvalue weighted by Crippen LogP contribution is 2.27. The van der Waals surface area contributed by atoms with Crippen molar-refractivity contribution in [2.75, 3.05) is 0 Å². The second kappa shape index (κ2) is 11.9. The number of ether oxygens (including phenoxy) is 2. The van der Waals surface area contributed by atoms with Crippen molar-refractivity contribution in [2.24, 2.45) is 11.8 Å². The molecule has 0 aliphatic carbocycles. The van der Waals surface area contributed by atoms with Crippen LogP contribution in [0.1, 0.15) is 53.9 Å². The molecule has 0 saturated carbocycles. The quantitative estimate of drug-likeness (QED) is 0.297. The molecular weight excluding hydrogens is 384 g/mol. The first-order valence-corrected chi connectivity index (χ1v) is 10.5. The summed E-state index contributed by atoms with van der Waals surface area (Å²) in [7, 11) is 0. The van der Waals surface area contributed by atoms with Gasteiger partial charge in [0.05, 0.1) is 18.3 Å². The van der Waals surface area contributed by atoms with Crippen LogP contribution >= 0.6 is 0 Å². The number of aliphatic hydroxyl groups is 7. The van der Waals surface area contributed by atoms with Crippen LogP contribution in [0.3, 0.4) is 0 Å². The van der Waals surface area contributed by atoms with Gasteiger partial charge >= 0.3 is 0 Å². The molecule has 2 aliphatic heterocycles. The van der Waals surface area contributed by atoms with Crippen molar-refractivity contribution in [3.05, 3.63) is 0 Å². The molecule has 0 spiro atoms. The molecule has 2 fully saturated rings. The van der Waals surface area contributed by atoms with Gasteiger partial charge in [0.15, 0.2) is 6.29 Å². The minimum Gasteiger partial charge on any atom is -0.388 e. The van der Waals surface area contributed by atoms with E-state index in [1.165, 1.54) is 0 Å². The molecule has 9 heteroatoms. The highest BCUT2D eigenvalue weighted by molar-refractivity contribution is 4.92. The summed E-state index contributed by atoms with van der Waals surface area (Å²) in [6.07, 6.45) is -7.89. The van der Waals surface area contributed by atoms with Crippen LogP contribution in [0.5, 0.6) is 0 Å². The Morgan fingerprint density at radius 3 is 1.34 bits per heavy atom. The number of hydrogen-bond acceptors (Lipinski definition) is 9. The van der Waals surface area contributed by atoms with Crippen molar-refractivity contribution in [2.45, 2.75) is 115 Å². The number of aliphatic hydroxyl groups excluding tert-OH is 7. The zero-order valence-electron chi connectivity index (χ0n) is 18.0. The van der Waals surface area contributed by atoms with Crippen molar-refractivity contribution >= 4 is 0 Å². The van der Waals surface area contributed by atoms with Gasteiger partial charge in [0, 0.05) is 0 Å². The van der Waals surface area contributed by atoms with E-state index in [0.29, 0.717) is 25.2 Å². The second-order valence-electron chi connectivity index (χ2n) is 8.89. The van der Waals surface area contributed by atoms with Gasteiger partial charge in [-0.1, -0.05) is 34.6 Å². The summed E-state index contributed by atoms with van der Waals surface area (Å²) >= 11 is 0. The molecule has 2 aliphatic rings. The standard InChI is InChI=1S/C11H22O4.C9H18O5/c1-4-7-9(12)11(14)10(13)8(15-7)5-6(2)3;1-4(2)3-5-6(10)7(11)8(12)9(13)14-5/h6-14H,4-5H2,1-3H3;4-13H,3H2,1-2H3. The first kappa shape index (κ1) is 26.7. The van der Waals surface area contributed by atoms with Crippen molar-refractivity contribution in [1.82, 2.24) is 0 Å². The third kappa shape index (κ3) is 7.37. The summed E-state index contributed by atoms with van der Waals surface area (Å²) < 4.78 is 10.6. The van der Waals surface area contributed by atoms with Gasteiger partial charge in [-0.25, -0.2) is 0 Å². The van der Waals surface area contributed by atoms with Crippen LogP contribution in [-0.4, -0.2) is 97.0 Å². The van der Waals surface area contributed by atoms with Crippen LogP contribution in [0.4, 0.5) is 0 Å². The van der Waals surface area contributed by atoms with E-state index in [9.17, 15) is 35.7 Å². The van der Waals surface area contributed by atoms with Crippen LogP contribution in [0, 0.1) is 11.8 Å². The maximum atomic E-state index is 9.74. The fraction of sp³-hybridized carbons (Fsp3) is 1.00.